The van der Waals surface area contributed by atoms with Gasteiger partial charge in [0.1, 0.15) is 5.78 Å². The molecule has 20 heavy (non-hydrogen) atoms. The quantitative estimate of drug-likeness (QED) is 0.821. The predicted octanol–water partition coefficient (Wildman–Crippen LogP) is 1.26. The van der Waals surface area contributed by atoms with E-state index in [0.717, 1.165) is 4.90 Å². The fraction of sp³-hybridized carbons (Fsp3) is 0.400. The molecule has 2 atom stereocenters. The van der Waals surface area contributed by atoms with Gasteiger partial charge in [0, 0.05) is 12.3 Å². The number of β-amino-alcohol motifs (C(OH)–C–C–N with tert-alkyl or cyclic N) is 1. The van der Waals surface area contributed by atoms with Gasteiger partial charge >= 0.3 is 0 Å². The van der Waals surface area contributed by atoms with Crippen LogP contribution in [0.1, 0.15) is 41.0 Å². The van der Waals surface area contributed by atoms with Crippen LogP contribution in [0.25, 0.3) is 0 Å². The van der Waals surface area contributed by atoms with Gasteiger partial charge < -0.3 is 5.11 Å². The molecule has 0 fully saturated rings. The third-order valence-corrected chi connectivity index (χ3v) is 3.68. The largest absolute Gasteiger partial charge is 0.391 e. The lowest BCUT2D eigenvalue weighted by Crippen LogP contribution is -2.41. The van der Waals surface area contributed by atoms with Gasteiger partial charge in [-0.15, -0.1) is 0 Å². The normalized spacial score (nSPS) is 17.1. The monoisotopic (exact) mass is 275 g/mol. The fourth-order valence-electron chi connectivity index (χ4n) is 2.29. The first-order valence-corrected chi connectivity index (χ1v) is 6.63. The van der Waals surface area contributed by atoms with Crippen molar-refractivity contribution < 1.29 is 19.5 Å². The summed E-state index contributed by atoms with van der Waals surface area (Å²) in [7, 11) is 0. The van der Waals surface area contributed by atoms with Crippen molar-refractivity contribution in [3.8, 4) is 0 Å². The highest BCUT2D eigenvalue weighted by Crippen LogP contribution is 2.23. The molecule has 1 N–H and O–H groups in total. The van der Waals surface area contributed by atoms with Crippen molar-refractivity contribution in [3.63, 3.8) is 0 Å². The van der Waals surface area contributed by atoms with Crippen LogP contribution in [0.2, 0.25) is 0 Å². The molecule has 1 aromatic carbocycles. The van der Waals surface area contributed by atoms with Gasteiger partial charge in [0.15, 0.2) is 0 Å². The van der Waals surface area contributed by atoms with Crippen LogP contribution in [-0.2, 0) is 4.79 Å². The van der Waals surface area contributed by atoms with Crippen molar-refractivity contribution in [1.82, 2.24) is 4.90 Å². The first-order chi connectivity index (χ1) is 9.47. The van der Waals surface area contributed by atoms with Gasteiger partial charge in [0.05, 0.1) is 23.8 Å². The van der Waals surface area contributed by atoms with Crippen LogP contribution in [0, 0.1) is 5.92 Å². The smallest absolute Gasteiger partial charge is 0.261 e. The molecule has 106 valence electrons. The second-order valence-electron chi connectivity index (χ2n) is 4.94. The van der Waals surface area contributed by atoms with E-state index in [-0.39, 0.29) is 12.3 Å². The van der Waals surface area contributed by atoms with E-state index in [1.165, 1.54) is 0 Å². The number of rotatable bonds is 5. The van der Waals surface area contributed by atoms with E-state index in [1.807, 2.05) is 0 Å². The number of amides is 2. The molecular formula is C15H17NO4. The molecule has 0 aliphatic carbocycles. The minimum Gasteiger partial charge on any atom is -0.391 e. The Labute approximate surface area is 117 Å². The molecule has 1 aliphatic rings. The first-order valence-electron chi connectivity index (χ1n) is 6.63. The number of ketones is 1. The Bertz CT molecular complexity index is 532. The maximum Gasteiger partial charge on any atom is 0.261 e. The molecule has 0 bridgehead atoms. The lowest BCUT2D eigenvalue weighted by atomic mass is 9.97. The van der Waals surface area contributed by atoms with Gasteiger partial charge in [0.25, 0.3) is 11.8 Å². The average Bonchev–Trinajstić information content (AvgIpc) is 2.71. The number of nitrogens with zero attached hydrogens (tertiary/aromatic N) is 1. The van der Waals surface area contributed by atoms with E-state index in [0.29, 0.717) is 17.5 Å². The highest BCUT2D eigenvalue weighted by Gasteiger charge is 2.37. The Hall–Kier alpha value is -2.01. The summed E-state index contributed by atoms with van der Waals surface area (Å²) in [6.45, 7) is 3.17. The zero-order valence-electron chi connectivity index (χ0n) is 11.5. The summed E-state index contributed by atoms with van der Waals surface area (Å²) in [5, 5.41) is 10.0. The average molecular weight is 275 g/mol. The van der Waals surface area contributed by atoms with Crippen molar-refractivity contribution in [2.75, 3.05) is 6.54 Å². The molecule has 0 saturated heterocycles. The molecule has 1 aromatic rings. The molecule has 0 unspecified atom stereocenters. The number of imide groups is 1. The number of aliphatic hydroxyl groups is 1. The van der Waals surface area contributed by atoms with Gasteiger partial charge in [-0.2, -0.15) is 0 Å². The number of hydrogen-bond acceptors (Lipinski definition) is 4. The predicted molar refractivity (Wildman–Crippen MR) is 72.3 cm³/mol. The Morgan fingerprint density at radius 2 is 1.70 bits per heavy atom. The molecule has 5 heteroatoms. The minimum absolute atomic E-state index is 0.0888. The first kappa shape index (κ1) is 14.4. The Balaban J connectivity index is 2.15. The van der Waals surface area contributed by atoms with E-state index in [4.69, 9.17) is 0 Å². The van der Waals surface area contributed by atoms with E-state index in [1.54, 1.807) is 38.1 Å². The molecule has 1 heterocycles. The highest BCUT2D eigenvalue weighted by molar-refractivity contribution is 6.21. The number of carbonyl (C=O) groups is 3. The van der Waals surface area contributed by atoms with Gasteiger partial charge in [-0.1, -0.05) is 26.0 Å². The molecule has 2 rings (SSSR count). The molecule has 1 aliphatic heterocycles. The summed E-state index contributed by atoms with van der Waals surface area (Å²) < 4.78 is 0. The van der Waals surface area contributed by atoms with Crippen LogP contribution in [0.5, 0.6) is 0 Å². The SMILES string of the molecule is CCC(=O)[C@H](C)[C@@H](O)CN1C(=O)c2ccccc2C1=O. The number of benzene rings is 1. The highest BCUT2D eigenvalue weighted by atomic mass is 16.3. The molecule has 2 amide bonds. The maximum absolute atomic E-state index is 12.1. The standard InChI is InChI=1S/C15H17NO4/c1-3-12(17)9(2)13(18)8-16-14(19)10-6-4-5-7-11(10)15(16)20/h4-7,9,13,18H,3,8H2,1-2H3/t9-,13-/m0/s1. The van der Waals surface area contributed by atoms with E-state index in [9.17, 15) is 19.5 Å². The van der Waals surface area contributed by atoms with E-state index >= 15 is 0 Å². The van der Waals surface area contributed by atoms with Crippen LogP contribution in [0.3, 0.4) is 0 Å². The summed E-state index contributed by atoms with van der Waals surface area (Å²) in [4.78, 5) is 36.8. The van der Waals surface area contributed by atoms with E-state index in [2.05, 4.69) is 0 Å². The van der Waals surface area contributed by atoms with Crippen LogP contribution in [0.15, 0.2) is 24.3 Å². The van der Waals surface area contributed by atoms with Crippen molar-refractivity contribution in [2.45, 2.75) is 26.4 Å². The van der Waals surface area contributed by atoms with Gasteiger partial charge in [0.2, 0.25) is 0 Å². The van der Waals surface area contributed by atoms with Crippen LogP contribution < -0.4 is 0 Å². The van der Waals surface area contributed by atoms with Crippen LogP contribution >= 0.6 is 0 Å². The number of fused-ring (bicyclic) bond motifs is 1. The summed E-state index contributed by atoms with van der Waals surface area (Å²) in [6.07, 6.45) is -0.718. The fourth-order valence-corrected chi connectivity index (χ4v) is 2.29. The third-order valence-electron chi connectivity index (χ3n) is 3.68. The lowest BCUT2D eigenvalue weighted by Gasteiger charge is -2.22. The molecule has 5 nitrogen and oxygen atoms in total. The van der Waals surface area contributed by atoms with Crippen molar-refractivity contribution in [1.29, 1.82) is 0 Å². The van der Waals surface area contributed by atoms with Crippen molar-refractivity contribution in [3.05, 3.63) is 35.4 Å². The van der Waals surface area contributed by atoms with Crippen molar-refractivity contribution >= 4 is 17.6 Å². The zero-order chi connectivity index (χ0) is 14.9. The van der Waals surface area contributed by atoms with Crippen LogP contribution in [0.4, 0.5) is 0 Å². The third kappa shape index (κ3) is 2.36. The second-order valence-corrected chi connectivity index (χ2v) is 4.94. The van der Waals surface area contributed by atoms with Gasteiger partial charge in [-0.05, 0) is 12.1 Å². The summed E-state index contributed by atoms with van der Waals surface area (Å²) in [5.74, 6) is -1.51. The molecule has 0 saturated carbocycles. The molecule has 0 spiro atoms. The molecule has 0 radical (unpaired) electrons. The van der Waals surface area contributed by atoms with Crippen LogP contribution in [-0.4, -0.2) is 40.3 Å². The van der Waals surface area contributed by atoms with E-state index < -0.39 is 23.8 Å². The number of carbonyl (C=O) groups excluding carboxylic acids is 3. The Kier molecular flexibility index (Phi) is 3.99. The molecular weight excluding hydrogens is 258 g/mol. The number of aliphatic hydroxyl groups excluding tert-OH is 1. The topological polar surface area (TPSA) is 74.7 Å². The second kappa shape index (κ2) is 5.54. The number of Topliss-reactive ketones (excluding diaryl/α,β-unsaturated/α-hetero) is 1. The van der Waals surface area contributed by atoms with Crippen molar-refractivity contribution in [2.24, 2.45) is 5.92 Å². The summed E-state index contributed by atoms with van der Waals surface area (Å²) >= 11 is 0. The maximum atomic E-state index is 12.1. The summed E-state index contributed by atoms with van der Waals surface area (Å²) in [5.41, 5.74) is 0.693. The Morgan fingerprint density at radius 1 is 1.20 bits per heavy atom. The minimum atomic E-state index is -1.04. The number of hydrogen-bond donors (Lipinski definition) is 1. The van der Waals surface area contributed by atoms with Gasteiger partial charge in [-0.25, -0.2) is 0 Å². The lowest BCUT2D eigenvalue weighted by molar-refractivity contribution is -0.125. The molecule has 0 aromatic heterocycles. The zero-order valence-corrected chi connectivity index (χ0v) is 11.5. The van der Waals surface area contributed by atoms with Gasteiger partial charge in [-0.3, -0.25) is 19.3 Å². The summed E-state index contributed by atoms with van der Waals surface area (Å²) in [6, 6.07) is 6.55. The Morgan fingerprint density at radius 3 is 2.15 bits per heavy atom.